The monoisotopic (exact) mass is 356 g/mol. The van der Waals surface area contributed by atoms with Gasteiger partial charge >= 0.3 is 0 Å². The number of hydrogen-bond acceptors (Lipinski definition) is 5. The zero-order valence-corrected chi connectivity index (χ0v) is 14.9. The maximum absolute atomic E-state index is 12.8. The molecule has 0 spiro atoms. The number of aromatic nitrogens is 2. The molecular formula is C19H24N4O3. The number of hydrogen-bond donors (Lipinski definition) is 2. The topological polar surface area (TPSA) is 101 Å². The third-order valence-electron chi connectivity index (χ3n) is 4.55. The Labute approximate surface area is 152 Å². The van der Waals surface area contributed by atoms with Crippen LogP contribution in [0, 0.1) is 0 Å². The van der Waals surface area contributed by atoms with Crippen LogP contribution in [0.1, 0.15) is 36.5 Å². The Balaban J connectivity index is 1.73. The average Bonchev–Trinajstić information content (AvgIpc) is 2.66. The Hall–Kier alpha value is -2.67. The maximum Gasteiger partial charge on any atom is 0.253 e. The van der Waals surface area contributed by atoms with Crippen LogP contribution in [0.25, 0.3) is 11.3 Å². The van der Waals surface area contributed by atoms with Crippen LogP contribution in [0.4, 0.5) is 5.95 Å². The fraction of sp³-hybridized carbons (Fsp3) is 0.421. The van der Waals surface area contributed by atoms with E-state index in [9.17, 15) is 9.59 Å². The summed E-state index contributed by atoms with van der Waals surface area (Å²) in [7, 11) is 0. The Bertz CT molecular complexity index is 810. The van der Waals surface area contributed by atoms with Gasteiger partial charge in [0.05, 0.1) is 11.8 Å². The van der Waals surface area contributed by atoms with Crippen molar-refractivity contribution >= 4 is 11.9 Å². The molecule has 1 fully saturated rings. The number of nitrogens with zero attached hydrogens (tertiary/aromatic N) is 2. The van der Waals surface area contributed by atoms with E-state index in [1.807, 2.05) is 11.8 Å². The minimum atomic E-state index is -0.308. The molecule has 1 atom stereocenters. The van der Waals surface area contributed by atoms with Crippen molar-refractivity contribution in [3.05, 3.63) is 46.2 Å². The summed E-state index contributed by atoms with van der Waals surface area (Å²) in [6.07, 6.45) is 3.37. The molecule has 1 unspecified atom stereocenters. The standard InChI is InChI=1S/C19H24N4O3/c1-2-23(12-15-5-3-4-10-26-15)18(25)14-8-6-13(7-9-14)16-11-17(24)22-19(20)21-16/h6-9,11,15H,2-5,10,12H2,1H3,(H3,20,21,22,24). The predicted molar refractivity (Wildman–Crippen MR) is 99.9 cm³/mol. The quantitative estimate of drug-likeness (QED) is 0.854. The van der Waals surface area contributed by atoms with Crippen molar-refractivity contribution < 1.29 is 9.53 Å². The molecule has 3 N–H and O–H groups in total. The van der Waals surface area contributed by atoms with Gasteiger partial charge in [0.1, 0.15) is 0 Å². The summed E-state index contributed by atoms with van der Waals surface area (Å²) in [6, 6.07) is 8.44. The number of amides is 1. The SMILES string of the molecule is CCN(CC1CCCCO1)C(=O)c1ccc(-c2cc(=O)[nH]c(N)n2)cc1. The van der Waals surface area contributed by atoms with Crippen molar-refractivity contribution in [3.8, 4) is 11.3 Å². The molecule has 0 aliphatic carbocycles. The van der Waals surface area contributed by atoms with Crippen molar-refractivity contribution in [2.75, 3.05) is 25.4 Å². The van der Waals surface area contributed by atoms with Gasteiger partial charge in [-0.3, -0.25) is 14.6 Å². The van der Waals surface area contributed by atoms with Gasteiger partial charge in [-0.2, -0.15) is 0 Å². The number of carbonyl (C=O) groups excluding carboxylic acids is 1. The van der Waals surface area contributed by atoms with Crippen molar-refractivity contribution in [3.63, 3.8) is 0 Å². The van der Waals surface area contributed by atoms with Crippen LogP contribution in [0.2, 0.25) is 0 Å². The molecule has 1 aliphatic heterocycles. The van der Waals surface area contributed by atoms with Crippen molar-refractivity contribution in [1.82, 2.24) is 14.9 Å². The second kappa shape index (κ2) is 8.14. The van der Waals surface area contributed by atoms with Gasteiger partial charge < -0.3 is 15.4 Å². The van der Waals surface area contributed by atoms with E-state index < -0.39 is 0 Å². The molecule has 138 valence electrons. The number of ether oxygens (including phenoxy) is 1. The van der Waals surface area contributed by atoms with E-state index in [4.69, 9.17) is 10.5 Å². The highest BCUT2D eigenvalue weighted by Gasteiger charge is 2.21. The highest BCUT2D eigenvalue weighted by Crippen LogP contribution is 2.19. The van der Waals surface area contributed by atoms with Crippen LogP contribution in [0.15, 0.2) is 35.1 Å². The van der Waals surface area contributed by atoms with Crippen LogP contribution in [0.3, 0.4) is 0 Å². The molecule has 7 heteroatoms. The lowest BCUT2D eigenvalue weighted by atomic mass is 10.1. The van der Waals surface area contributed by atoms with Crippen LogP contribution in [0.5, 0.6) is 0 Å². The summed E-state index contributed by atoms with van der Waals surface area (Å²) in [5, 5.41) is 0. The molecule has 2 aromatic rings. The van der Waals surface area contributed by atoms with Gasteiger partial charge in [0, 0.05) is 36.9 Å². The Morgan fingerprint density at radius 1 is 1.35 bits per heavy atom. The first-order chi connectivity index (χ1) is 12.6. The number of benzene rings is 1. The molecule has 3 rings (SSSR count). The Morgan fingerprint density at radius 3 is 2.73 bits per heavy atom. The first kappa shape index (κ1) is 18.1. The van der Waals surface area contributed by atoms with Gasteiger partial charge in [0.15, 0.2) is 0 Å². The molecule has 7 nitrogen and oxygen atoms in total. The van der Waals surface area contributed by atoms with E-state index in [-0.39, 0.29) is 23.5 Å². The fourth-order valence-electron chi connectivity index (χ4n) is 3.14. The van der Waals surface area contributed by atoms with Crippen LogP contribution < -0.4 is 11.3 Å². The van der Waals surface area contributed by atoms with Crippen LogP contribution in [-0.2, 0) is 4.74 Å². The molecule has 1 amide bonds. The molecule has 1 aliphatic rings. The van der Waals surface area contributed by atoms with Gasteiger partial charge in [0.2, 0.25) is 5.95 Å². The van der Waals surface area contributed by atoms with Crippen LogP contribution >= 0.6 is 0 Å². The van der Waals surface area contributed by atoms with E-state index in [1.54, 1.807) is 24.3 Å². The highest BCUT2D eigenvalue weighted by atomic mass is 16.5. The largest absolute Gasteiger partial charge is 0.376 e. The van der Waals surface area contributed by atoms with Crippen molar-refractivity contribution in [2.45, 2.75) is 32.3 Å². The lowest BCUT2D eigenvalue weighted by Crippen LogP contribution is -2.39. The van der Waals surface area contributed by atoms with Crippen molar-refractivity contribution in [1.29, 1.82) is 0 Å². The number of anilines is 1. The third kappa shape index (κ3) is 4.29. The molecule has 1 aromatic heterocycles. The summed E-state index contributed by atoms with van der Waals surface area (Å²) < 4.78 is 5.75. The van der Waals surface area contributed by atoms with Crippen molar-refractivity contribution in [2.24, 2.45) is 0 Å². The minimum absolute atomic E-state index is 0.0217. The summed E-state index contributed by atoms with van der Waals surface area (Å²) in [5.41, 5.74) is 7.09. The summed E-state index contributed by atoms with van der Waals surface area (Å²) in [4.78, 5) is 32.7. The fourth-order valence-corrected chi connectivity index (χ4v) is 3.14. The molecule has 1 saturated heterocycles. The summed E-state index contributed by atoms with van der Waals surface area (Å²) >= 11 is 0. The first-order valence-corrected chi connectivity index (χ1v) is 8.95. The third-order valence-corrected chi connectivity index (χ3v) is 4.55. The lowest BCUT2D eigenvalue weighted by Gasteiger charge is -2.29. The Morgan fingerprint density at radius 2 is 2.12 bits per heavy atom. The second-order valence-corrected chi connectivity index (χ2v) is 6.43. The number of likely N-dealkylation sites (N-methyl/N-ethyl adjacent to an activating group) is 1. The maximum atomic E-state index is 12.8. The van der Waals surface area contributed by atoms with Gasteiger partial charge in [-0.1, -0.05) is 12.1 Å². The number of carbonyl (C=O) groups is 1. The summed E-state index contributed by atoms with van der Waals surface area (Å²) in [5.74, 6) is 0.0453. The van der Waals surface area contributed by atoms with Crippen LogP contribution in [-0.4, -0.2) is 46.6 Å². The molecule has 0 saturated carbocycles. The highest BCUT2D eigenvalue weighted by molar-refractivity contribution is 5.94. The number of aromatic amines is 1. The predicted octanol–water partition coefficient (Wildman–Crippen LogP) is 2.05. The van der Waals surface area contributed by atoms with E-state index in [0.717, 1.165) is 31.4 Å². The Kier molecular flexibility index (Phi) is 5.68. The number of nitrogens with one attached hydrogen (secondary N) is 1. The lowest BCUT2D eigenvalue weighted by molar-refractivity contribution is -0.00311. The summed E-state index contributed by atoms with van der Waals surface area (Å²) in [6.45, 7) is 3.99. The average molecular weight is 356 g/mol. The van der Waals surface area contributed by atoms with Gasteiger partial charge in [-0.25, -0.2) is 4.98 Å². The van der Waals surface area contributed by atoms with E-state index in [2.05, 4.69) is 9.97 Å². The number of nitrogen functional groups attached to an aromatic ring is 1. The molecule has 26 heavy (non-hydrogen) atoms. The molecule has 1 aromatic carbocycles. The zero-order chi connectivity index (χ0) is 18.5. The zero-order valence-electron chi connectivity index (χ0n) is 14.9. The normalized spacial score (nSPS) is 17.0. The number of nitrogens with two attached hydrogens (primary N) is 1. The number of rotatable bonds is 5. The number of H-pyrrole nitrogens is 1. The van der Waals surface area contributed by atoms with E-state index >= 15 is 0 Å². The first-order valence-electron chi connectivity index (χ1n) is 8.95. The van der Waals surface area contributed by atoms with Gasteiger partial charge in [0.25, 0.3) is 11.5 Å². The minimum Gasteiger partial charge on any atom is -0.376 e. The molecule has 0 radical (unpaired) electrons. The molecule has 0 bridgehead atoms. The van der Waals surface area contributed by atoms with Gasteiger partial charge in [-0.05, 0) is 38.3 Å². The van der Waals surface area contributed by atoms with E-state index in [1.165, 1.54) is 6.07 Å². The smallest absolute Gasteiger partial charge is 0.253 e. The molecule has 2 heterocycles. The van der Waals surface area contributed by atoms with E-state index in [0.29, 0.717) is 24.3 Å². The second-order valence-electron chi connectivity index (χ2n) is 6.43. The van der Waals surface area contributed by atoms with Gasteiger partial charge in [-0.15, -0.1) is 0 Å². The molecular weight excluding hydrogens is 332 g/mol.